The molecular formula is C10H14. The van der Waals surface area contributed by atoms with Crippen LogP contribution in [0.25, 0.3) is 0 Å². The molecule has 0 spiro atoms. The molecule has 1 atom stereocenters. The van der Waals surface area contributed by atoms with E-state index in [1.807, 2.05) is 6.08 Å². The molecule has 0 aromatic carbocycles. The Bertz CT molecular complexity index is 172. The molecular weight excluding hydrogens is 120 g/mol. The van der Waals surface area contributed by atoms with E-state index in [0.29, 0.717) is 5.92 Å². The monoisotopic (exact) mass is 134 g/mol. The smallest absolute Gasteiger partial charge is 0.00224 e. The molecule has 0 nitrogen and oxygen atoms in total. The summed E-state index contributed by atoms with van der Waals surface area (Å²) in [4.78, 5) is 0. The molecule has 0 saturated carbocycles. The Morgan fingerprint density at radius 3 is 3.00 bits per heavy atom. The van der Waals surface area contributed by atoms with Crippen LogP contribution in [0.4, 0.5) is 0 Å². The van der Waals surface area contributed by atoms with Crippen LogP contribution < -0.4 is 0 Å². The van der Waals surface area contributed by atoms with E-state index in [1.165, 1.54) is 12.0 Å². The lowest BCUT2D eigenvalue weighted by Gasteiger charge is -2.09. The van der Waals surface area contributed by atoms with Gasteiger partial charge in [0.15, 0.2) is 0 Å². The summed E-state index contributed by atoms with van der Waals surface area (Å²) in [7, 11) is 0. The third kappa shape index (κ3) is 1.38. The number of rotatable bonds is 3. The minimum absolute atomic E-state index is 0.606. The molecule has 54 valence electrons. The van der Waals surface area contributed by atoms with E-state index in [4.69, 9.17) is 0 Å². The Morgan fingerprint density at radius 2 is 2.60 bits per heavy atom. The van der Waals surface area contributed by atoms with Crippen LogP contribution in [-0.2, 0) is 0 Å². The molecule has 1 unspecified atom stereocenters. The summed E-state index contributed by atoms with van der Waals surface area (Å²) in [5, 5.41) is 0. The highest BCUT2D eigenvalue weighted by molar-refractivity contribution is 5.27. The fraction of sp³-hybridized carbons (Fsp3) is 0.400. The average Bonchev–Trinajstić information content (AvgIpc) is 2.43. The summed E-state index contributed by atoms with van der Waals surface area (Å²) < 4.78 is 0. The summed E-state index contributed by atoms with van der Waals surface area (Å²) in [6, 6.07) is 0. The van der Waals surface area contributed by atoms with Crippen LogP contribution in [0.5, 0.6) is 0 Å². The molecule has 0 heterocycles. The molecule has 0 fully saturated rings. The fourth-order valence-corrected chi connectivity index (χ4v) is 1.32. The van der Waals surface area contributed by atoms with Crippen molar-refractivity contribution >= 4 is 0 Å². The first-order chi connectivity index (χ1) is 4.88. The van der Waals surface area contributed by atoms with Gasteiger partial charge in [0.25, 0.3) is 0 Å². The van der Waals surface area contributed by atoms with E-state index < -0.39 is 0 Å². The average molecular weight is 134 g/mol. The lowest BCUT2D eigenvalue weighted by Crippen LogP contribution is -1.95. The molecule has 0 aliphatic heterocycles. The van der Waals surface area contributed by atoms with Gasteiger partial charge in [0, 0.05) is 0 Å². The van der Waals surface area contributed by atoms with Crippen LogP contribution in [0.1, 0.15) is 19.8 Å². The van der Waals surface area contributed by atoms with Gasteiger partial charge >= 0.3 is 0 Å². The van der Waals surface area contributed by atoms with Crippen molar-refractivity contribution in [3.63, 3.8) is 0 Å². The Morgan fingerprint density at radius 1 is 1.80 bits per heavy atom. The van der Waals surface area contributed by atoms with Gasteiger partial charge < -0.3 is 0 Å². The summed E-state index contributed by atoms with van der Waals surface area (Å²) in [5.74, 6) is 0.606. The van der Waals surface area contributed by atoms with Gasteiger partial charge in [0.2, 0.25) is 0 Å². The highest BCUT2D eigenvalue weighted by atomic mass is 14.1. The molecule has 1 aliphatic carbocycles. The molecule has 0 N–H and O–H groups in total. The Hall–Kier alpha value is -0.780. The number of hydrogen-bond acceptors (Lipinski definition) is 0. The highest BCUT2D eigenvalue weighted by Crippen LogP contribution is 2.23. The Kier molecular flexibility index (Phi) is 2.49. The normalized spacial score (nSPS) is 18.7. The lowest BCUT2D eigenvalue weighted by molar-refractivity contribution is 0.716. The zero-order chi connectivity index (χ0) is 7.40. The fourth-order valence-electron chi connectivity index (χ4n) is 1.32. The zero-order valence-electron chi connectivity index (χ0n) is 6.51. The molecule has 0 bridgehead atoms. The second-order valence-electron chi connectivity index (χ2n) is 2.62. The highest BCUT2D eigenvalue weighted by Gasteiger charge is 2.07. The van der Waals surface area contributed by atoms with Gasteiger partial charge in [-0.1, -0.05) is 36.8 Å². The third-order valence-corrected chi connectivity index (χ3v) is 2.00. The SMILES string of the molecule is C=CC(CC)C1=CC=CC1. The minimum Gasteiger partial charge on any atom is -0.102 e. The van der Waals surface area contributed by atoms with Crippen molar-refractivity contribution in [3.8, 4) is 0 Å². The van der Waals surface area contributed by atoms with Crippen LogP contribution in [0.2, 0.25) is 0 Å². The van der Waals surface area contributed by atoms with E-state index in [9.17, 15) is 0 Å². The standard InChI is InChI=1S/C10H14/c1-3-9(4-2)10-7-5-6-8-10/h3,5-7,9H,1,4,8H2,2H3. The Balaban J connectivity index is 2.55. The predicted molar refractivity (Wildman–Crippen MR) is 45.8 cm³/mol. The van der Waals surface area contributed by atoms with Crippen molar-refractivity contribution in [1.29, 1.82) is 0 Å². The summed E-state index contributed by atoms with van der Waals surface area (Å²) in [6.45, 7) is 6.01. The van der Waals surface area contributed by atoms with E-state index >= 15 is 0 Å². The van der Waals surface area contributed by atoms with Gasteiger partial charge in [-0.05, 0) is 18.8 Å². The van der Waals surface area contributed by atoms with Gasteiger partial charge in [-0.2, -0.15) is 0 Å². The predicted octanol–water partition coefficient (Wildman–Crippen LogP) is 3.08. The van der Waals surface area contributed by atoms with Crippen molar-refractivity contribution in [3.05, 3.63) is 36.5 Å². The van der Waals surface area contributed by atoms with Crippen molar-refractivity contribution in [2.45, 2.75) is 19.8 Å². The summed E-state index contributed by atoms with van der Waals surface area (Å²) in [5.41, 5.74) is 1.51. The van der Waals surface area contributed by atoms with Crippen LogP contribution >= 0.6 is 0 Å². The van der Waals surface area contributed by atoms with E-state index in [-0.39, 0.29) is 0 Å². The van der Waals surface area contributed by atoms with Gasteiger partial charge in [-0.25, -0.2) is 0 Å². The van der Waals surface area contributed by atoms with Crippen molar-refractivity contribution in [2.24, 2.45) is 5.92 Å². The summed E-state index contributed by atoms with van der Waals surface area (Å²) in [6.07, 6.45) is 10.9. The maximum atomic E-state index is 3.81. The molecule has 0 heteroatoms. The largest absolute Gasteiger partial charge is 0.102 e. The molecule has 0 amide bonds. The first kappa shape index (κ1) is 7.33. The van der Waals surface area contributed by atoms with Crippen molar-refractivity contribution < 1.29 is 0 Å². The quantitative estimate of drug-likeness (QED) is 0.520. The molecule has 0 saturated heterocycles. The van der Waals surface area contributed by atoms with E-state index in [2.05, 4.69) is 31.7 Å². The molecule has 1 rings (SSSR count). The number of hydrogen-bond donors (Lipinski definition) is 0. The minimum atomic E-state index is 0.606. The topological polar surface area (TPSA) is 0 Å². The molecule has 1 aliphatic rings. The maximum Gasteiger partial charge on any atom is -0.00224 e. The van der Waals surface area contributed by atoms with Gasteiger partial charge in [0.05, 0.1) is 0 Å². The first-order valence-corrected chi connectivity index (χ1v) is 3.86. The van der Waals surface area contributed by atoms with E-state index in [1.54, 1.807) is 0 Å². The second-order valence-corrected chi connectivity index (χ2v) is 2.62. The van der Waals surface area contributed by atoms with Crippen LogP contribution in [0.3, 0.4) is 0 Å². The third-order valence-electron chi connectivity index (χ3n) is 2.00. The lowest BCUT2D eigenvalue weighted by atomic mass is 9.96. The molecule has 0 radical (unpaired) electrons. The molecule has 0 aromatic rings. The van der Waals surface area contributed by atoms with Crippen LogP contribution in [-0.4, -0.2) is 0 Å². The Labute approximate surface area is 62.9 Å². The van der Waals surface area contributed by atoms with Crippen molar-refractivity contribution in [2.75, 3.05) is 0 Å². The van der Waals surface area contributed by atoms with Gasteiger partial charge in [0.1, 0.15) is 0 Å². The zero-order valence-corrected chi connectivity index (χ0v) is 6.51. The van der Waals surface area contributed by atoms with Gasteiger partial charge in [-0.3, -0.25) is 0 Å². The maximum absolute atomic E-state index is 3.81. The first-order valence-electron chi connectivity index (χ1n) is 3.86. The van der Waals surface area contributed by atoms with Crippen LogP contribution in [0, 0.1) is 5.92 Å². The van der Waals surface area contributed by atoms with Crippen LogP contribution in [0.15, 0.2) is 36.5 Å². The number of allylic oxidation sites excluding steroid dienone is 5. The summed E-state index contributed by atoms with van der Waals surface area (Å²) >= 11 is 0. The second kappa shape index (κ2) is 3.40. The molecule has 10 heavy (non-hydrogen) atoms. The van der Waals surface area contributed by atoms with Gasteiger partial charge in [-0.15, -0.1) is 6.58 Å². The molecule has 0 aromatic heterocycles. The van der Waals surface area contributed by atoms with Crippen molar-refractivity contribution in [1.82, 2.24) is 0 Å². The van der Waals surface area contributed by atoms with E-state index in [0.717, 1.165) is 6.42 Å².